The summed E-state index contributed by atoms with van der Waals surface area (Å²) in [6.45, 7) is 8.96. The van der Waals surface area contributed by atoms with E-state index in [2.05, 4.69) is 9.88 Å². The monoisotopic (exact) mass is 502 g/mol. The van der Waals surface area contributed by atoms with Crippen LogP contribution in [-0.4, -0.2) is 88.0 Å². The molecule has 194 valence electrons. The number of aromatic amines is 1. The summed E-state index contributed by atoms with van der Waals surface area (Å²) in [5, 5.41) is 19.0. The number of piperazine rings is 1. The minimum Gasteiger partial charge on any atom is -0.492 e. The van der Waals surface area contributed by atoms with E-state index < -0.39 is 40.0 Å². The van der Waals surface area contributed by atoms with Gasteiger partial charge in [0.05, 0.1) is 0 Å². The molecule has 0 radical (unpaired) electrons. The fourth-order valence-corrected chi connectivity index (χ4v) is 3.83. The van der Waals surface area contributed by atoms with Gasteiger partial charge in [-0.2, -0.15) is 0 Å². The third kappa shape index (κ3) is 6.33. The maximum Gasteiger partial charge on any atom is 0.410 e. The highest BCUT2D eigenvalue weighted by Gasteiger charge is 2.27. The molecule has 1 aliphatic rings. The Morgan fingerprint density at radius 1 is 1.00 bits per heavy atom. The second kappa shape index (κ2) is 10.7. The largest absolute Gasteiger partial charge is 0.492 e. The number of hydrogen-bond donors (Lipinski definition) is 4. The molecule has 1 aliphatic heterocycles. The van der Waals surface area contributed by atoms with Crippen molar-refractivity contribution in [1.82, 2.24) is 14.8 Å². The number of nitrogen functional groups attached to an aromatic ring is 1. The van der Waals surface area contributed by atoms with Gasteiger partial charge < -0.3 is 35.3 Å². The van der Waals surface area contributed by atoms with Crippen molar-refractivity contribution in [3.63, 3.8) is 0 Å². The lowest BCUT2D eigenvalue weighted by molar-refractivity contribution is 0.0136. The number of nitrogens with zero attached hydrogens (tertiary/aromatic N) is 2. The van der Waals surface area contributed by atoms with Crippen molar-refractivity contribution in [2.45, 2.75) is 26.4 Å². The molecular formula is C24H30N4O8. The van der Waals surface area contributed by atoms with Gasteiger partial charge in [0.2, 0.25) is 0 Å². The summed E-state index contributed by atoms with van der Waals surface area (Å²) in [5.41, 5.74) is 2.86. The Hall–Kier alpha value is -4.06. The molecule has 1 fully saturated rings. The van der Waals surface area contributed by atoms with Crippen LogP contribution in [0.2, 0.25) is 0 Å². The maximum atomic E-state index is 12.2. The van der Waals surface area contributed by atoms with Gasteiger partial charge in [0.25, 0.3) is 5.56 Å². The van der Waals surface area contributed by atoms with Gasteiger partial charge in [-0.1, -0.05) is 12.1 Å². The SMILES string of the molecule is CC(C)(C)OC(=O)N1CCN(CCOc2ccc(-c3c(C(=O)O)c(N)[nH]c(=O)c3C(=O)O)cc2)CC1. The maximum absolute atomic E-state index is 12.2. The Balaban J connectivity index is 1.62. The lowest BCUT2D eigenvalue weighted by Gasteiger charge is -2.35. The number of amides is 1. The molecule has 36 heavy (non-hydrogen) atoms. The third-order valence-electron chi connectivity index (χ3n) is 5.52. The zero-order chi connectivity index (χ0) is 26.6. The fourth-order valence-electron chi connectivity index (χ4n) is 3.83. The number of nitrogens with two attached hydrogens (primary N) is 1. The highest BCUT2D eigenvalue weighted by molar-refractivity contribution is 6.07. The van der Waals surface area contributed by atoms with Gasteiger partial charge in [-0.05, 0) is 38.5 Å². The number of anilines is 1. The molecule has 2 heterocycles. The molecule has 0 aliphatic carbocycles. The Kier molecular flexibility index (Phi) is 7.88. The Bertz CT molecular complexity index is 1190. The fraction of sp³-hybridized carbons (Fsp3) is 0.417. The average Bonchev–Trinajstić information content (AvgIpc) is 2.77. The lowest BCUT2D eigenvalue weighted by Crippen LogP contribution is -2.50. The molecule has 1 aromatic carbocycles. The van der Waals surface area contributed by atoms with E-state index in [0.29, 0.717) is 45.1 Å². The van der Waals surface area contributed by atoms with E-state index in [1.165, 1.54) is 12.1 Å². The summed E-state index contributed by atoms with van der Waals surface area (Å²) >= 11 is 0. The van der Waals surface area contributed by atoms with Crippen molar-refractivity contribution >= 4 is 23.8 Å². The highest BCUT2D eigenvalue weighted by Crippen LogP contribution is 2.30. The molecule has 0 saturated carbocycles. The first-order valence-corrected chi connectivity index (χ1v) is 11.3. The first-order valence-electron chi connectivity index (χ1n) is 11.3. The third-order valence-corrected chi connectivity index (χ3v) is 5.52. The van der Waals surface area contributed by atoms with Gasteiger partial charge in [0, 0.05) is 38.3 Å². The van der Waals surface area contributed by atoms with Gasteiger partial charge in [0.1, 0.15) is 34.9 Å². The van der Waals surface area contributed by atoms with E-state index in [9.17, 15) is 29.4 Å². The summed E-state index contributed by atoms with van der Waals surface area (Å²) in [5.74, 6) is -2.98. The quantitative estimate of drug-likeness (QED) is 0.438. The number of hydrogen-bond acceptors (Lipinski definition) is 8. The van der Waals surface area contributed by atoms with Gasteiger partial charge in [-0.25, -0.2) is 14.4 Å². The number of pyridine rings is 1. The number of carboxylic acid groups (broad SMARTS) is 2. The minimum atomic E-state index is -1.57. The number of nitrogens with one attached hydrogen (secondary N) is 1. The number of aromatic nitrogens is 1. The van der Waals surface area contributed by atoms with Crippen molar-refractivity contribution in [3.05, 3.63) is 45.7 Å². The van der Waals surface area contributed by atoms with Crippen molar-refractivity contribution in [1.29, 1.82) is 0 Å². The lowest BCUT2D eigenvalue weighted by atomic mass is 9.95. The van der Waals surface area contributed by atoms with Gasteiger partial charge in [0.15, 0.2) is 0 Å². The molecular weight excluding hydrogens is 472 g/mol. The molecule has 1 aromatic heterocycles. The van der Waals surface area contributed by atoms with E-state index in [0.717, 1.165) is 0 Å². The predicted molar refractivity (Wildman–Crippen MR) is 131 cm³/mol. The van der Waals surface area contributed by atoms with Crippen molar-refractivity contribution in [3.8, 4) is 16.9 Å². The first-order chi connectivity index (χ1) is 16.9. The van der Waals surface area contributed by atoms with Crippen molar-refractivity contribution in [2.24, 2.45) is 0 Å². The molecule has 1 amide bonds. The van der Waals surface area contributed by atoms with Crippen LogP contribution in [0.5, 0.6) is 5.75 Å². The summed E-state index contributed by atoms with van der Waals surface area (Å²) in [6, 6.07) is 6.07. The molecule has 5 N–H and O–H groups in total. The van der Waals surface area contributed by atoms with Crippen LogP contribution >= 0.6 is 0 Å². The first kappa shape index (κ1) is 26.5. The van der Waals surface area contributed by atoms with Crippen LogP contribution in [0.3, 0.4) is 0 Å². The number of ether oxygens (including phenoxy) is 2. The summed E-state index contributed by atoms with van der Waals surface area (Å²) < 4.78 is 11.2. The number of carbonyl (C=O) groups is 3. The zero-order valence-electron chi connectivity index (χ0n) is 20.4. The van der Waals surface area contributed by atoms with E-state index in [4.69, 9.17) is 15.2 Å². The van der Waals surface area contributed by atoms with Gasteiger partial charge in [-0.3, -0.25) is 9.69 Å². The summed E-state index contributed by atoms with van der Waals surface area (Å²) in [6.07, 6.45) is -0.322. The second-order valence-electron chi connectivity index (χ2n) is 9.28. The molecule has 2 aromatic rings. The number of carbonyl (C=O) groups excluding carboxylic acids is 1. The number of rotatable bonds is 7. The van der Waals surface area contributed by atoms with E-state index in [1.54, 1.807) is 17.0 Å². The van der Waals surface area contributed by atoms with E-state index in [-0.39, 0.29) is 17.2 Å². The molecule has 0 bridgehead atoms. The summed E-state index contributed by atoms with van der Waals surface area (Å²) in [7, 11) is 0. The van der Waals surface area contributed by atoms with Crippen LogP contribution in [0.4, 0.5) is 10.6 Å². The molecule has 0 spiro atoms. The van der Waals surface area contributed by atoms with Crippen LogP contribution in [0.25, 0.3) is 11.1 Å². The van der Waals surface area contributed by atoms with Gasteiger partial charge in [-0.15, -0.1) is 0 Å². The Morgan fingerprint density at radius 2 is 1.58 bits per heavy atom. The molecule has 12 nitrogen and oxygen atoms in total. The van der Waals surface area contributed by atoms with Crippen molar-refractivity contribution in [2.75, 3.05) is 45.1 Å². The number of benzene rings is 1. The standard InChI is InChI=1S/C24H30N4O8/c1-24(2,3)36-23(34)28-10-8-27(9-11-28)12-13-35-15-6-4-14(5-7-15)16-17(21(30)31)19(25)26-20(29)18(16)22(32)33/h4-7H,8-13H2,1-3H3,(H,30,31)(H,32,33)(H3,25,26,29). The smallest absolute Gasteiger partial charge is 0.410 e. The minimum absolute atomic E-state index is 0.202. The Labute approximate surface area is 207 Å². The number of carboxylic acids is 2. The van der Waals surface area contributed by atoms with Crippen molar-refractivity contribution < 1.29 is 34.1 Å². The number of H-pyrrole nitrogens is 1. The molecule has 12 heteroatoms. The molecule has 0 unspecified atom stereocenters. The summed E-state index contributed by atoms with van der Waals surface area (Å²) in [4.78, 5) is 53.6. The van der Waals surface area contributed by atoms with E-state index in [1.807, 2.05) is 20.8 Å². The second-order valence-corrected chi connectivity index (χ2v) is 9.28. The van der Waals surface area contributed by atoms with Crippen LogP contribution in [0.15, 0.2) is 29.1 Å². The van der Waals surface area contributed by atoms with Crippen LogP contribution in [0, 0.1) is 0 Å². The molecule has 1 saturated heterocycles. The van der Waals surface area contributed by atoms with Crippen LogP contribution < -0.4 is 16.0 Å². The van der Waals surface area contributed by atoms with Crippen LogP contribution in [-0.2, 0) is 4.74 Å². The average molecular weight is 503 g/mol. The predicted octanol–water partition coefficient (Wildman–Crippen LogP) is 1.95. The number of aromatic carboxylic acids is 2. The molecule has 3 rings (SSSR count). The normalized spacial score (nSPS) is 14.4. The zero-order valence-corrected chi connectivity index (χ0v) is 20.4. The van der Waals surface area contributed by atoms with Gasteiger partial charge >= 0.3 is 18.0 Å². The Morgan fingerprint density at radius 3 is 2.11 bits per heavy atom. The van der Waals surface area contributed by atoms with Crippen LogP contribution in [0.1, 0.15) is 41.5 Å². The highest BCUT2D eigenvalue weighted by atomic mass is 16.6. The van der Waals surface area contributed by atoms with E-state index >= 15 is 0 Å². The topological polar surface area (TPSA) is 175 Å². The molecule has 0 atom stereocenters.